The number of nitrogens with zero attached hydrogens (tertiary/aromatic N) is 3. The summed E-state index contributed by atoms with van der Waals surface area (Å²) in [5.74, 6) is 1.18. The number of hydrogen-bond acceptors (Lipinski definition) is 6. The lowest BCUT2D eigenvalue weighted by atomic mass is 10.2. The van der Waals surface area contributed by atoms with E-state index in [1.54, 1.807) is 18.3 Å². The number of esters is 1. The van der Waals surface area contributed by atoms with Gasteiger partial charge >= 0.3 is 5.97 Å². The Bertz CT molecular complexity index is 680. The fourth-order valence-electron chi connectivity index (χ4n) is 2.80. The van der Waals surface area contributed by atoms with E-state index in [-0.39, 0.29) is 5.97 Å². The highest BCUT2D eigenvalue weighted by Crippen LogP contribution is 2.19. The van der Waals surface area contributed by atoms with Crippen molar-refractivity contribution in [2.75, 3.05) is 30.4 Å². The second kappa shape index (κ2) is 7.77. The molecule has 1 aromatic carbocycles. The molecule has 6 nitrogen and oxygen atoms in total. The van der Waals surface area contributed by atoms with Crippen molar-refractivity contribution in [3.8, 4) is 0 Å². The summed E-state index contributed by atoms with van der Waals surface area (Å²) in [6.45, 7) is 2.02. The van der Waals surface area contributed by atoms with E-state index in [0.717, 1.165) is 30.5 Å². The second-order valence-electron chi connectivity index (χ2n) is 5.84. The van der Waals surface area contributed by atoms with Gasteiger partial charge in [0.05, 0.1) is 12.7 Å². The number of methoxy groups -OCH3 is 1. The third kappa shape index (κ3) is 4.01. The molecule has 0 amide bonds. The summed E-state index contributed by atoms with van der Waals surface area (Å²) in [7, 11) is 1.37. The largest absolute Gasteiger partial charge is 0.465 e. The van der Waals surface area contributed by atoms with Gasteiger partial charge in [0.25, 0.3) is 0 Å². The van der Waals surface area contributed by atoms with Crippen LogP contribution in [0.5, 0.6) is 0 Å². The number of nitrogens with one attached hydrogen (secondary N) is 1. The predicted octanol–water partition coefficient (Wildman–Crippen LogP) is 3.39. The van der Waals surface area contributed by atoms with Gasteiger partial charge in [0.2, 0.25) is 5.95 Å². The molecule has 24 heavy (non-hydrogen) atoms. The van der Waals surface area contributed by atoms with E-state index in [2.05, 4.69) is 20.2 Å². The van der Waals surface area contributed by atoms with E-state index in [4.69, 9.17) is 4.74 Å². The first-order chi connectivity index (χ1) is 11.8. The molecule has 1 saturated heterocycles. The van der Waals surface area contributed by atoms with Gasteiger partial charge < -0.3 is 15.0 Å². The van der Waals surface area contributed by atoms with Gasteiger partial charge in [-0.15, -0.1) is 0 Å². The number of carbonyl (C=O) groups excluding carboxylic acids is 1. The van der Waals surface area contributed by atoms with Crippen LogP contribution in [-0.4, -0.2) is 36.1 Å². The zero-order valence-electron chi connectivity index (χ0n) is 13.9. The number of hydrogen-bond donors (Lipinski definition) is 1. The maximum Gasteiger partial charge on any atom is 0.337 e. The van der Waals surface area contributed by atoms with Crippen LogP contribution in [-0.2, 0) is 4.74 Å². The first-order valence-corrected chi connectivity index (χ1v) is 8.29. The summed E-state index contributed by atoms with van der Waals surface area (Å²) in [6, 6.07) is 8.96. The lowest BCUT2D eigenvalue weighted by Gasteiger charge is -2.20. The molecule has 0 unspecified atom stereocenters. The van der Waals surface area contributed by atoms with Crippen molar-refractivity contribution in [2.45, 2.75) is 25.7 Å². The highest BCUT2D eigenvalue weighted by Gasteiger charge is 2.13. The van der Waals surface area contributed by atoms with Crippen LogP contribution in [0.2, 0.25) is 0 Å². The molecule has 126 valence electrons. The van der Waals surface area contributed by atoms with Gasteiger partial charge in [-0.05, 0) is 43.2 Å². The average Bonchev–Trinajstić information content (AvgIpc) is 2.91. The minimum absolute atomic E-state index is 0.341. The normalized spacial score (nSPS) is 14.8. The summed E-state index contributed by atoms with van der Waals surface area (Å²) >= 11 is 0. The van der Waals surface area contributed by atoms with Gasteiger partial charge in [-0.2, -0.15) is 4.98 Å². The zero-order valence-corrected chi connectivity index (χ0v) is 13.9. The molecule has 0 saturated carbocycles. The SMILES string of the molecule is COC(=O)c1ccc(Nc2ccnc(N3CCCCCC3)n2)cc1. The summed E-state index contributed by atoms with van der Waals surface area (Å²) in [5.41, 5.74) is 1.39. The highest BCUT2D eigenvalue weighted by atomic mass is 16.5. The summed E-state index contributed by atoms with van der Waals surface area (Å²) < 4.78 is 4.70. The number of anilines is 3. The van der Waals surface area contributed by atoms with E-state index < -0.39 is 0 Å². The molecule has 1 aliphatic rings. The van der Waals surface area contributed by atoms with E-state index in [0.29, 0.717) is 5.56 Å². The van der Waals surface area contributed by atoms with Crippen LogP contribution in [0.15, 0.2) is 36.5 Å². The second-order valence-corrected chi connectivity index (χ2v) is 5.84. The Labute approximate surface area is 141 Å². The van der Waals surface area contributed by atoms with Crippen molar-refractivity contribution in [1.82, 2.24) is 9.97 Å². The molecular weight excluding hydrogens is 304 g/mol. The Kier molecular flexibility index (Phi) is 5.25. The molecule has 1 aromatic heterocycles. The Balaban J connectivity index is 1.71. The van der Waals surface area contributed by atoms with Crippen LogP contribution in [0.1, 0.15) is 36.0 Å². The van der Waals surface area contributed by atoms with Crippen LogP contribution < -0.4 is 10.2 Å². The number of carbonyl (C=O) groups is 1. The smallest absolute Gasteiger partial charge is 0.337 e. The van der Waals surface area contributed by atoms with Crippen LogP contribution in [0.4, 0.5) is 17.5 Å². The van der Waals surface area contributed by atoms with Gasteiger partial charge in [0.1, 0.15) is 5.82 Å². The van der Waals surface area contributed by atoms with Crippen LogP contribution in [0.3, 0.4) is 0 Å². The van der Waals surface area contributed by atoms with Crippen molar-refractivity contribution in [1.29, 1.82) is 0 Å². The van der Waals surface area contributed by atoms with Crippen molar-refractivity contribution < 1.29 is 9.53 Å². The van der Waals surface area contributed by atoms with Gasteiger partial charge in [-0.3, -0.25) is 0 Å². The molecule has 0 spiro atoms. The highest BCUT2D eigenvalue weighted by molar-refractivity contribution is 5.89. The molecule has 0 radical (unpaired) electrons. The molecule has 0 aliphatic carbocycles. The molecule has 0 bridgehead atoms. The minimum atomic E-state index is -0.341. The van der Waals surface area contributed by atoms with Gasteiger partial charge in [-0.25, -0.2) is 9.78 Å². The Morgan fingerprint density at radius 1 is 1.08 bits per heavy atom. The Hall–Kier alpha value is -2.63. The van der Waals surface area contributed by atoms with E-state index >= 15 is 0 Å². The van der Waals surface area contributed by atoms with E-state index in [1.165, 1.54) is 32.8 Å². The van der Waals surface area contributed by atoms with Crippen LogP contribution in [0, 0.1) is 0 Å². The fraction of sp³-hybridized carbons (Fsp3) is 0.389. The summed E-state index contributed by atoms with van der Waals surface area (Å²) in [4.78, 5) is 22.7. The molecule has 2 heterocycles. The third-order valence-corrected chi connectivity index (χ3v) is 4.11. The first-order valence-electron chi connectivity index (χ1n) is 8.29. The number of benzene rings is 1. The minimum Gasteiger partial charge on any atom is -0.465 e. The molecule has 1 aliphatic heterocycles. The molecular formula is C18H22N4O2. The van der Waals surface area contributed by atoms with Crippen LogP contribution in [0.25, 0.3) is 0 Å². The predicted molar refractivity (Wildman–Crippen MR) is 93.8 cm³/mol. The maximum atomic E-state index is 11.5. The fourth-order valence-corrected chi connectivity index (χ4v) is 2.80. The molecule has 3 rings (SSSR count). The van der Waals surface area contributed by atoms with Crippen molar-refractivity contribution in [3.63, 3.8) is 0 Å². The molecule has 1 fully saturated rings. The Morgan fingerprint density at radius 2 is 1.79 bits per heavy atom. The molecule has 6 heteroatoms. The number of ether oxygens (including phenoxy) is 1. The standard InChI is InChI=1S/C18H22N4O2/c1-24-17(23)14-6-8-15(9-7-14)20-16-10-11-19-18(21-16)22-12-4-2-3-5-13-22/h6-11H,2-5,12-13H2,1H3,(H,19,20,21). The van der Waals surface area contributed by atoms with E-state index in [1.807, 2.05) is 18.2 Å². The average molecular weight is 326 g/mol. The molecule has 1 N–H and O–H groups in total. The van der Waals surface area contributed by atoms with Gasteiger partial charge in [0, 0.05) is 25.0 Å². The molecule has 0 atom stereocenters. The maximum absolute atomic E-state index is 11.5. The first kappa shape index (κ1) is 16.2. The van der Waals surface area contributed by atoms with Gasteiger partial charge in [0.15, 0.2) is 0 Å². The monoisotopic (exact) mass is 326 g/mol. The number of aromatic nitrogens is 2. The summed E-state index contributed by atoms with van der Waals surface area (Å²) in [6.07, 6.45) is 6.71. The van der Waals surface area contributed by atoms with Crippen molar-refractivity contribution >= 4 is 23.4 Å². The van der Waals surface area contributed by atoms with Crippen LogP contribution >= 0.6 is 0 Å². The van der Waals surface area contributed by atoms with Crippen molar-refractivity contribution in [2.24, 2.45) is 0 Å². The van der Waals surface area contributed by atoms with Gasteiger partial charge in [-0.1, -0.05) is 12.8 Å². The quantitative estimate of drug-likeness (QED) is 0.869. The lowest BCUT2D eigenvalue weighted by Crippen LogP contribution is -2.26. The zero-order chi connectivity index (χ0) is 16.8. The van der Waals surface area contributed by atoms with Crippen molar-refractivity contribution in [3.05, 3.63) is 42.1 Å². The third-order valence-electron chi connectivity index (χ3n) is 4.11. The van der Waals surface area contributed by atoms with E-state index in [9.17, 15) is 4.79 Å². The molecule has 2 aromatic rings. The number of rotatable bonds is 4. The summed E-state index contributed by atoms with van der Waals surface area (Å²) in [5, 5.41) is 3.25. The lowest BCUT2D eigenvalue weighted by molar-refractivity contribution is 0.0601. The Morgan fingerprint density at radius 3 is 2.46 bits per heavy atom. The topological polar surface area (TPSA) is 67.3 Å².